The van der Waals surface area contributed by atoms with Gasteiger partial charge in [-0.2, -0.15) is 0 Å². The summed E-state index contributed by atoms with van der Waals surface area (Å²) in [5.74, 6) is -1.63. The SMILES string of the molecule is O=C([O-])c1cc2ccccc2cc1O.[K+]. The van der Waals surface area contributed by atoms with E-state index in [4.69, 9.17) is 0 Å². The fourth-order valence-electron chi connectivity index (χ4n) is 1.39. The summed E-state index contributed by atoms with van der Waals surface area (Å²) >= 11 is 0. The minimum atomic E-state index is -1.37. The Hall–Kier alpha value is -0.394. The quantitative estimate of drug-likeness (QED) is 0.567. The maximum Gasteiger partial charge on any atom is 1.00 e. The predicted octanol–water partition coefficient (Wildman–Crippen LogP) is -2.09. The van der Waals surface area contributed by atoms with E-state index < -0.39 is 5.97 Å². The molecule has 0 saturated heterocycles. The van der Waals surface area contributed by atoms with Crippen molar-refractivity contribution in [3.63, 3.8) is 0 Å². The van der Waals surface area contributed by atoms with Gasteiger partial charge in [0.1, 0.15) is 5.75 Å². The number of benzene rings is 2. The first-order chi connectivity index (χ1) is 6.68. The zero-order chi connectivity index (χ0) is 10.1. The van der Waals surface area contributed by atoms with Crippen molar-refractivity contribution in [3.05, 3.63) is 42.0 Å². The molecular formula is C11H7KO3. The summed E-state index contributed by atoms with van der Waals surface area (Å²) in [6, 6.07) is 10.0. The van der Waals surface area contributed by atoms with Gasteiger partial charge in [0.25, 0.3) is 0 Å². The van der Waals surface area contributed by atoms with Crippen LogP contribution in [0.5, 0.6) is 5.75 Å². The summed E-state index contributed by atoms with van der Waals surface area (Å²) in [5, 5.41) is 21.5. The topological polar surface area (TPSA) is 60.4 Å². The van der Waals surface area contributed by atoms with E-state index in [1.807, 2.05) is 6.07 Å². The molecular weight excluding hydrogens is 219 g/mol. The molecule has 0 spiro atoms. The second kappa shape index (κ2) is 5.09. The average molecular weight is 226 g/mol. The number of aromatic carboxylic acids is 1. The zero-order valence-corrected chi connectivity index (χ0v) is 11.4. The van der Waals surface area contributed by atoms with Gasteiger partial charge in [-0.25, -0.2) is 0 Å². The van der Waals surface area contributed by atoms with Crippen molar-refractivity contribution in [3.8, 4) is 5.75 Å². The van der Waals surface area contributed by atoms with Crippen LogP contribution in [0.15, 0.2) is 36.4 Å². The zero-order valence-electron chi connectivity index (χ0n) is 8.23. The van der Waals surface area contributed by atoms with Gasteiger partial charge >= 0.3 is 51.4 Å². The van der Waals surface area contributed by atoms with E-state index >= 15 is 0 Å². The molecule has 2 aromatic rings. The maximum atomic E-state index is 10.6. The molecule has 0 unspecified atom stereocenters. The molecule has 15 heavy (non-hydrogen) atoms. The summed E-state index contributed by atoms with van der Waals surface area (Å²) in [6.07, 6.45) is 0. The first-order valence-corrected chi connectivity index (χ1v) is 4.11. The average Bonchev–Trinajstić information content (AvgIpc) is 2.16. The molecule has 70 valence electrons. The first-order valence-electron chi connectivity index (χ1n) is 4.11. The minimum Gasteiger partial charge on any atom is -0.545 e. The molecule has 0 fully saturated rings. The summed E-state index contributed by atoms with van der Waals surface area (Å²) in [5.41, 5.74) is -0.177. The number of carboxylic acid groups (broad SMARTS) is 1. The largest absolute Gasteiger partial charge is 1.00 e. The van der Waals surface area contributed by atoms with E-state index in [-0.39, 0.29) is 62.7 Å². The second-order valence-corrected chi connectivity index (χ2v) is 3.00. The Labute approximate surface area is 129 Å². The van der Waals surface area contributed by atoms with Crippen molar-refractivity contribution >= 4 is 16.7 Å². The Kier molecular flexibility index (Phi) is 4.30. The Morgan fingerprint density at radius 3 is 2.20 bits per heavy atom. The number of fused-ring (bicyclic) bond motifs is 1. The van der Waals surface area contributed by atoms with Crippen LogP contribution in [0.25, 0.3) is 10.8 Å². The summed E-state index contributed by atoms with van der Waals surface area (Å²) in [7, 11) is 0. The third kappa shape index (κ3) is 2.59. The van der Waals surface area contributed by atoms with Crippen LogP contribution in [0.2, 0.25) is 0 Å². The number of hydrogen-bond acceptors (Lipinski definition) is 3. The van der Waals surface area contributed by atoms with E-state index in [2.05, 4.69) is 0 Å². The van der Waals surface area contributed by atoms with Gasteiger partial charge in [0.2, 0.25) is 0 Å². The van der Waals surface area contributed by atoms with Gasteiger partial charge in [0.15, 0.2) is 0 Å². The number of hydrogen-bond donors (Lipinski definition) is 1. The molecule has 0 saturated carbocycles. The molecule has 0 amide bonds. The summed E-state index contributed by atoms with van der Waals surface area (Å²) in [4.78, 5) is 10.6. The fraction of sp³-hybridized carbons (Fsp3) is 0. The Balaban J connectivity index is 0.00000112. The van der Waals surface area contributed by atoms with Crippen LogP contribution < -0.4 is 56.5 Å². The molecule has 3 nitrogen and oxygen atoms in total. The van der Waals surface area contributed by atoms with Crippen molar-refractivity contribution in [1.82, 2.24) is 0 Å². The predicted molar refractivity (Wildman–Crippen MR) is 49.9 cm³/mol. The smallest absolute Gasteiger partial charge is 0.545 e. The van der Waals surface area contributed by atoms with E-state index in [1.165, 1.54) is 12.1 Å². The first kappa shape index (κ1) is 12.7. The van der Waals surface area contributed by atoms with Gasteiger partial charge in [-0.15, -0.1) is 0 Å². The molecule has 4 heteroatoms. The molecule has 0 atom stereocenters. The van der Waals surface area contributed by atoms with Gasteiger partial charge in [-0.1, -0.05) is 24.3 Å². The van der Waals surface area contributed by atoms with Gasteiger partial charge in [0.05, 0.1) is 5.97 Å². The third-order valence-electron chi connectivity index (χ3n) is 2.08. The van der Waals surface area contributed by atoms with E-state index in [9.17, 15) is 15.0 Å². The van der Waals surface area contributed by atoms with Crippen molar-refractivity contribution < 1.29 is 66.4 Å². The number of phenols is 1. The van der Waals surface area contributed by atoms with Crippen molar-refractivity contribution in [2.24, 2.45) is 0 Å². The van der Waals surface area contributed by atoms with Crippen LogP contribution in [-0.4, -0.2) is 11.1 Å². The normalized spacial score (nSPS) is 9.60. The molecule has 0 aliphatic carbocycles. The minimum absolute atomic E-state index is 0. The maximum absolute atomic E-state index is 10.6. The molecule has 1 N–H and O–H groups in total. The van der Waals surface area contributed by atoms with E-state index in [1.54, 1.807) is 18.2 Å². The monoisotopic (exact) mass is 226 g/mol. The van der Waals surface area contributed by atoms with Crippen molar-refractivity contribution in [1.29, 1.82) is 0 Å². The van der Waals surface area contributed by atoms with Gasteiger partial charge in [0, 0.05) is 5.56 Å². The van der Waals surface area contributed by atoms with Gasteiger partial charge in [-0.05, 0) is 22.9 Å². The van der Waals surface area contributed by atoms with E-state index in [0.717, 1.165) is 10.8 Å². The van der Waals surface area contributed by atoms with Crippen LogP contribution in [-0.2, 0) is 0 Å². The van der Waals surface area contributed by atoms with Gasteiger partial charge < -0.3 is 15.0 Å². The number of aromatic hydroxyl groups is 1. The molecule has 0 bridgehead atoms. The van der Waals surface area contributed by atoms with Crippen LogP contribution in [0.1, 0.15) is 10.4 Å². The molecule has 0 aliphatic rings. The Bertz CT molecular complexity index is 508. The molecule has 0 radical (unpaired) electrons. The third-order valence-corrected chi connectivity index (χ3v) is 2.08. The molecule has 0 aromatic heterocycles. The van der Waals surface area contributed by atoms with E-state index in [0.29, 0.717) is 0 Å². The Morgan fingerprint density at radius 2 is 1.67 bits per heavy atom. The summed E-state index contributed by atoms with van der Waals surface area (Å²) < 4.78 is 0. The molecule has 0 aliphatic heterocycles. The summed E-state index contributed by atoms with van der Waals surface area (Å²) in [6.45, 7) is 0. The standard InChI is InChI=1S/C11H8O3.K/c12-10-6-8-4-2-1-3-7(8)5-9(10)11(13)14;/h1-6,12H,(H,13,14);/q;+1/p-1. The Morgan fingerprint density at radius 1 is 1.13 bits per heavy atom. The molecule has 0 heterocycles. The fourth-order valence-corrected chi connectivity index (χ4v) is 1.39. The van der Waals surface area contributed by atoms with Crippen LogP contribution in [0.4, 0.5) is 0 Å². The van der Waals surface area contributed by atoms with Crippen LogP contribution in [0.3, 0.4) is 0 Å². The number of carbonyl (C=O) groups is 1. The van der Waals surface area contributed by atoms with Crippen LogP contribution in [0, 0.1) is 0 Å². The number of carbonyl (C=O) groups excluding carboxylic acids is 1. The van der Waals surface area contributed by atoms with Crippen LogP contribution >= 0.6 is 0 Å². The number of rotatable bonds is 1. The molecule has 2 rings (SSSR count). The van der Waals surface area contributed by atoms with Gasteiger partial charge in [-0.3, -0.25) is 0 Å². The van der Waals surface area contributed by atoms with Crippen molar-refractivity contribution in [2.45, 2.75) is 0 Å². The van der Waals surface area contributed by atoms with Crippen molar-refractivity contribution in [2.75, 3.05) is 0 Å². The number of carboxylic acids is 1. The second-order valence-electron chi connectivity index (χ2n) is 3.00. The molecule has 2 aromatic carbocycles.